The minimum Gasteiger partial charge on any atom is -0.250 e. The molecule has 0 amide bonds. The average Bonchev–Trinajstić information content (AvgIpc) is 1.69. The summed E-state index contributed by atoms with van der Waals surface area (Å²) in [5.74, 6) is 0. The Kier molecular flexibility index (Phi) is 4.72. The first-order valence-corrected chi connectivity index (χ1v) is 3.04. The Morgan fingerprint density at radius 1 is 1.38 bits per heavy atom. The predicted molar refractivity (Wildman–Crippen MR) is 37.0 cm³/mol. The summed E-state index contributed by atoms with van der Waals surface area (Å²) in [5, 5.41) is 0. The van der Waals surface area contributed by atoms with Gasteiger partial charge in [-0.2, -0.15) is 0 Å². The van der Waals surface area contributed by atoms with Crippen molar-refractivity contribution in [1.82, 2.24) is 4.98 Å². The molecule has 0 saturated heterocycles. The molecular weight excluding hydrogens is 307 g/mol. The van der Waals surface area contributed by atoms with Crippen molar-refractivity contribution >= 4 is 22.6 Å². The van der Waals surface area contributed by atoms with E-state index < -0.39 is 0 Å². The molecular formula is C5H4INPd. The second-order valence-corrected chi connectivity index (χ2v) is 2.26. The first kappa shape index (κ1) is 8.54. The van der Waals surface area contributed by atoms with Gasteiger partial charge >= 0.3 is 0 Å². The topological polar surface area (TPSA) is 12.9 Å². The van der Waals surface area contributed by atoms with Crippen LogP contribution in [-0.4, -0.2) is 4.98 Å². The zero-order chi connectivity index (χ0) is 5.11. The largest absolute Gasteiger partial charge is 0.250 e. The van der Waals surface area contributed by atoms with E-state index in [4.69, 9.17) is 0 Å². The molecule has 0 aromatic carbocycles. The molecule has 0 fully saturated rings. The van der Waals surface area contributed by atoms with Crippen LogP contribution < -0.4 is 0 Å². The van der Waals surface area contributed by atoms with E-state index in [1.807, 2.05) is 18.2 Å². The molecule has 0 aliphatic rings. The maximum Gasteiger partial charge on any atom is 0.101 e. The van der Waals surface area contributed by atoms with E-state index >= 15 is 0 Å². The van der Waals surface area contributed by atoms with Crippen molar-refractivity contribution < 1.29 is 20.4 Å². The third-order valence-corrected chi connectivity index (χ3v) is 1.27. The van der Waals surface area contributed by atoms with E-state index in [1.165, 1.54) is 0 Å². The van der Waals surface area contributed by atoms with Gasteiger partial charge in [-0.3, -0.25) is 4.98 Å². The fraction of sp³-hybridized carbons (Fsp3) is 0. The SMILES string of the molecule is Ic1ccccn1.[Pd]. The quantitative estimate of drug-likeness (QED) is 0.404. The zero-order valence-electron chi connectivity index (χ0n) is 3.95. The Balaban J connectivity index is 0.000000490. The van der Waals surface area contributed by atoms with Crippen molar-refractivity contribution in [3.8, 4) is 0 Å². The number of hydrogen-bond donors (Lipinski definition) is 0. The molecule has 0 aliphatic heterocycles. The number of aromatic nitrogens is 1. The van der Waals surface area contributed by atoms with Gasteiger partial charge in [0.2, 0.25) is 0 Å². The molecule has 1 nitrogen and oxygen atoms in total. The monoisotopic (exact) mass is 311 g/mol. The van der Waals surface area contributed by atoms with Gasteiger partial charge in [-0.05, 0) is 34.7 Å². The molecule has 0 spiro atoms. The Morgan fingerprint density at radius 2 is 2.12 bits per heavy atom. The molecule has 0 bridgehead atoms. The minimum atomic E-state index is 0. The Bertz CT molecular complexity index is 142. The smallest absolute Gasteiger partial charge is 0.101 e. The number of halogens is 1. The van der Waals surface area contributed by atoms with Crippen molar-refractivity contribution in [2.45, 2.75) is 0 Å². The zero-order valence-corrected chi connectivity index (χ0v) is 7.66. The molecule has 3 heteroatoms. The molecule has 1 rings (SSSR count). The molecule has 0 unspecified atom stereocenters. The van der Waals surface area contributed by atoms with E-state index in [2.05, 4.69) is 27.6 Å². The van der Waals surface area contributed by atoms with Gasteiger partial charge in [-0.25, -0.2) is 0 Å². The van der Waals surface area contributed by atoms with E-state index in [-0.39, 0.29) is 20.4 Å². The normalized spacial score (nSPS) is 7.62. The molecule has 1 heterocycles. The summed E-state index contributed by atoms with van der Waals surface area (Å²) in [7, 11) is 0. The molecule has 1 aromatic heterocycles. The summed E-state index contributed by atoms with van der Waals surface area (Å²) in [6.45, 7) is 0. The van der Waals surface area contributed by atoms with E-state index in [9.17, 15) is 0 Å². The number of nitrogens with zero attached hydrogens (tertiary/aromatic N) is 1. The second kappa shape index (κ2) is 4.42. The Labute approximate surface area is 75.7 Å². The first-order chi connectivity index (χ1) is 3.39. The molecule has 0 aliphatic carbocycles. The number of pyridine rings is 1. The maximum absolute atomic E-state index is 3.97. The number of rotatable bonds is 0. The van der Waals surface area contributed by atoms with Crippen LogP contribution in [0, 0.1) is 3.70 Å². The molecule has 1 aromatic rings. The molecule has 0 atom stereocenters. The molecule has 0 radical (unpaired) electrons. The van der Waals surface area contributed by atoms with Crippen LogP contribution in [0.2, 0.25) is 0 Å². The maximum atomic E-state index is 3.97. The van der Waals surface area contributed by atoms with Crippen LogP contribution in [0.4, 0.5) is 0 Å². The van der Waals surface area contributed by atoms with Crippen LogP contribution in [0.5, 0.6) is 0 Å². The molecule has 0 N–H and O–H groups in total. The fourth-order valence-electron chi connectivity index (χ4n) is 0.342. The summed E-state index contributed by atoms with van der Waals surface area (Å²) in [5.41, 5.74) is 0. The van der Waals surface area contributed by atoms with Gasteiger partial charge in [0, 0.05) is 26.6 Å². The van der Waals surface area contributed by atoms with E-state index in [0.717, 1.165) is 3.70 Å². The van der Waals surface area contributed by atoms with Crippen molar-refractivity contribution in [2.75, 3.05) is 0 Å². The third kappa shape index (κ3) is 2.75. The molecule has 0 saturated carbocycles. The van der Waals surface area contributed by atoms with Gasteiger partial charge in [0.05, 0.1) is 0 Å². The molecule has 8 heavy (non-hydrogen) atoms. The van der Waals surface area contributed by atoms with Crippen LogP contribution in [0.25, 0.3) is 0 Å². The first-order valence-electron chi connectivity index (χ1n) is 1.96. The average molecular weight is 311 g/mol. The van der Waals surface area contributed by atoms with Gasteiger partial charge in [-0.15, -0.1) is 0 Å². The summed E-state index contributed by atoms with van der Waals surface area (Å²) >= 11 is 2.17. The van der Waals surface area contributed by atoms with Crippen LogP contribution in [0.15, 0.2) is 24.4 Å². The van der Waals surface area contributed by atoms with Crippen LogP contribution >= 0.6 is 22.6 Å². The third-order valence-electron chi connectivity index (χ3n) is 0.629. The standard InChI is InChI=1S/C5H4IN.Pd/c6-5-3-1-2-4-7-5;/h1-4H;. The number of hydrogen-bond acceptors (Lipinski definition) is 1. The summed E-state index contributed by atoms with van der Waals surface area (Å²) in [6, 6.07) is 5.83. The van der Waals surface area contributed by atoms with Gasteiger partial charge in [-0.1, -0.05) is 6.07 Å². The summed E-state index contributed by atoms with van der Waals surface area (Å²) in [6.07, 6.45) is 1.78. The van der Waals surface area contributed by atoms with Gasteiger partial charge in [0.25, 0.3) is 0 Å². The minimum absolute atomic E-state index is 0. The van der Waals surface area contributed by atoms with Crippen LogP contribution in [-0.2, 0) is 20.4 Å². The second-order valence-electron chi connectivity index (χ2n) is 1.15. The van der Waals surface area contributed by atoms with Crippen molar-refractivity contribution in [1.29, 1.82) is 0 Å². The van der Waals surface area contributed by atoms with Gasteiger partial charge < -0.3 is 0 Å². The van der Waals surface area contributed by atoms with Crippen LogP contribution in [0.3, 0.4) is 0 Å². The van der Waals surface area contributed by atoms with Crippen LogP contribution in [0.1, 0.15) is 0 Å². The van der Waals surface area contributed by atoms with Crippen molar-refractivity contribution in [3.63, 3.8) is 0 Å². The van der Waals surface area contributed by atoms with E-state index in [0.29, 0.717) is 0 Å². The Hall–Kier alpha value is 0.542. The Morgan fingerprint density at radius 3 is 2.38 bits per heavy atom. The van der Waals surface area contributed by atoms with E-state index in [1.54, 1.807) is 6.20 Å². The van der Waals surface area contributed by atoms with Crippen molar-refractivity contribution in [2.24, 2.45) is 0 Å². The predicted octanol–water partition coefficient (Wildman–Crippen LogP) is 1.68. The van der Waals surface area contributed by atoms with Crippen molar-refractivity contribution in [3.05, 3.63) is 28.1 Å². The summed E-state index contributed by atoms with van der Waals surface area (Å²) < 4.78 is 1.04. The molecule has 46 valence electrons. The van der Waals surface area contributed by atoms with Gasteiger partial charge in [0.1, 0.15) is 3.70 Å². The summed E-state index contributed by atoms with van der Waals surface area (Å²) in [4.78, 5) is 3.97. The van der Waals surface area contributed by atoms with Gasteiger partial charge in [0.15, 0.2) is 0 Å². The fourth-order valence-corrected chi connectivity index (χ4v) is 0.710.